The normalized spacial score (nSPS) is 23.4. The molecule has 5 nitrogen and oxygen atoms in total. The van der Waals surface area contributed by atoms with Crippen LogP contribution in [0.3, 0.4) is 0 Å². The Morgan fingerprint density at radius 3 is 2.71 bits per heavy atom. The van der Waals surface area contributed by atoms with Gasteiger partial charge in [0.25, 0.3) is 0 Å². The van der Waals surface area contributed by atoms with E-state index in [0.29, 0.717) is 19.8 Å². The van der Waals surface area contributed by atoms with Crippen LogP contribution in [0.4, 0.5) is 0 Å². The molecule has 17 heavy (non-hydrogen) atoms. The molecule has 1 rings (SSSR count). The van der Waals surface area contributed by atoms with Crippen molar-refractivity contribution in [2.75, 3.05) is 39.4 Å². The van der Waals surface area contributed by atoms with Crippen molar-refractivity contribution in [3.63, 3.8) is 0 Å². The van der Waals surface area contributed by atoms with Crippen LogP contribution in [0.5, 0.6) is 0 Å². The number of rotatable bonds is 5. The zero-order valence-electron chi connectivity index (χ0n) is 11.2. The maximum Gasteiger partial charge on any atom is 0.239 e. The Kier molecular flexibility index (Phi) is 5.88. The highest BCUT2D eigenvalue weighted by atomic mass is 16.5. The Morgan fingerprint density at radius 2 is 2.18 bits per heavy atom. The van der Waals surface area contributed by atoms with E-state index < -0.39 is 0 Å². The van der Waals surface area contributed by atoms with Gasteiger partial charge in [-0.1, -0.05) is 0 Å². The number of amides is 1. The molecule has 0 saturated carbocycles. The third-order valence-electron chi connectivity index (χ3n) is 3.48. The van der Waals surface area contributed by atoms with Gasteiger partial charge < -0.3 is 15.4 Å². The molecule has 1 amide bonds. The van der Waals surface area contributed by atoms with E-state index in [2.05, 4.69) is 4.90 Å². The number of hydrogen-bond donors (Lipinski definition) is 1. The average molecular weight is 243 g/mol. The molecule has 0 radical (unpaired) electrons. The van der Waals surface area contributed by atoms with Gasteiger partial charge >= 0.3 is 0 Å². The first-order chi connectivity index (χ1) is 8.15. The number of carbonyl (C=O) groups excluding carboxylic acids is 1. The number of carbonyl (C=O) groups is 1. The first-order valence-corrected chi connectivity index (χ1v) is 6.48. The van der Waals surface area contributed by atoms with Crippen LogP contribution < -0.4 is 5.73 Å². The van der Waals surface area contributed by atoms with Gasteiger partial charge in [0.05, 0.1) is 19.3 Å². The summed E-state index contributed by atoms with van der Waals surface area (Å²) in [6, 6.07) is 0.0608. The topological polar surface area (TPSA) is 58.8 Å². The quantitative estimate of drug-likeness (QED) is 0.733. The molecular formula is C12H25N3O2. The molecule has 1 aliphatic rings. The number of morpholine rings is 1. The maximum atomic E-state index is 12.3. The molecular weight excluding hydrogens is 218 g/mol. The van der Waals surface area contributed by atoms with E-state index in [-0.39, 0.29) is 18.0 Å². The third kappa shape index (κ3) is 3.40. The lowest BCUT2D eigenvalue weighted by Gasteiger charge is -2.39. The van der Waals surface area contributed by atoms with Crippen molar-refractivity contribution in [1.29, 1.82) is 0 Å². The van der Waals surface area contributed by atoms with Crippen molar-refractivity contribution in [2.24, 2.45) is 5.73 Å². The predicted octanol–water partition coefficient (Wildman–Crippen LogP) is -0.0972. The molecule has 100 valence electrons. The van der Waals surface area contributed by atoms with Crippen molar-refractivity contribution in [2.45, 2.75) is 32.9 Å². The molecule has 1 fully saturated rings. The lowest BCUT2D eigenvalue weighted by Crippen LogP contribution is -2.57. The van der Waals surface area contributed by atoms with E-state index in [9.17, 15) is 4.79 Å². The highest BCUT2D eigenvalue weighted by Gasteiger charge is 2.31. The summed E-state index contributed by atoms with van der Waals surface area (Å²) in [5, 5.41) is 0. The predicted molar refractivity (Wildman–Crippen MR) is 67.8 cm³/mol. The van der Waals surface area contributed by atoms with Gasteiger partial charge in [0.2, 0.25) is 5.91 Å². The Hall–Kier alpha value is -0.650. The maximum absolute atomic E-state index is 12.3. The van der Waals surface area contributed by atoms with E-state index in [1.165, 1.54) is 0 Å². The lowest BCUT2D eigenvalue weighted by atomic mass is 10.1. The summed E-state index contributed by atoms with van der Waals surface area (Å²) < 4.78 is 5.40. The number of nitrogens with zero attached hydrogens (tertiary/aromatic N) is 2. The molecule has 2 unspecified atom stereocenters. The van der Waals surface area contributed by atoms with E-state index in [0.717, 1.165) is 19.6 Å². The van der Waals surface area contributed by atoms with Crippen LogP contribution in [0.2, 0.25) is 0 Å². The Bertz CT molecular complexity index is 244. The second-order valence-corrected chi connectivity index (χ2v) is 4.39. The van der Waals surface area contributed by atoms with Crippen molar-refractivity contribution in [3.05, 3.63) is 0 Å². The third-order valence-corrected chi connectivity index (χ3v) is 3.48. The molecule has 5 heteroatoms. The standard InChI is InChI=1S/C12H25N3O2/c1-4-14(5-2)12(16)10(3)15-6-7-17-9-11(15)8-13/h10-11H,4-9,13H2,1-3H3. The first-order valence-electron chi connectivity index (χ1n) is 6.48. The molecule has 1 heterocycles. The molecule has 0 bridgehead atoms. The SMILES string of the molecule is CCN(CC)C(=O)C(C)N1CCOCC1CN. The minimum absolute atomic E-state index is 0.104. The molecule has 0 aromatic rings. The molecule has 1 aliphatic heterocycles. The second kappa shape index (κ2) is 6.93. The van der Waals surface area contributed by atoms with E-state index in [1.807, 2.05) is 25.7 Å². The van der Waals surface area contributed by atoms with Crippen LogP contribution in [0.1, 0.15) is 20.8 Å². The van der Waals surface area contributed by atoms with Gasteiger partial charge in [-0.15, -0.1) is 0 Å². The summed E-state index contributed by atoms with van der Waals surface area (Å²) >= 11 is 0. The van der Waals surface area contributed by atoms with Crippen LogP contribution in [0.15, 0.2) is 0 Å². The highest BCUT2D eigenvalue weighted by Crippen LogP contribution is 2.12. The van der Waals surface area contributed by atoms with Crippen molar-refractivity contribution in [1.82, 2.24) is 9.80 Å². The van der Waals surface area contributed by atoms with Crippen LogP contribution in [-0.4, -0.2) is 67.2 Å². The molecule has 2 N–H and O–H groups in total. The Balaban J connectivity index is 2.66. The lowest BCUT2D eigenvalue weighted by molar-refractivity contribution is -0.139. The number of hydrogen-bond acceptors (Lipinski definition) is 4. The fourth-order valence-electron chi connectivity index (χ4n) is 2.32. The zero-order valence-corrected chi connectivity index (χ0v) is 11.2. The van der Waals surface area contributed by atoms with Gasteiger partial charge in [0.1, 0.15) is 0 Å². The van der Waals surface area contributed by atoms with E-state index >= 15 is 0 Å². The molecule has 1 saturated heterocycles. The highest BCUT2D eigenvalue weighted by molar-refractivity contribution is 5.81. The smallest absolute Gasteiger partial charge is 0.239 e. The van der Waals surface area contributed by atoms with Crippen LogP contribution in [-0.2, 0) is 9.53 Å². The first kappa shape index (κ1) is 14.4. The monoisotopic (exact) mass is 243 g/mol. The van der Waals surface area contributed by atoms with Crippen molar-refractivity contribution >= 4 is 5.91 Å². The molecule has 2 atom stereocenters. The molecule has 0 aromatic carbocycles. The van der Waals surface area contributed by atoms with Gasteiger partial charge in [-0.3, -0.25) is 9.69 Å². The van der Waals surface area contributed by atoms with Crippen LogP contribution in [0.25, 0.3) is 0 Å². The van der Waals surface area contributed by atoms with E-state index in [4.69, 9.17) is 10.5 Å². The Morgan fingerprint density at radius 1 is 1.53 bits per heavy atom. The number of nitrogens with two attached hydrogens (primary N) is 1. The van der Waals surface area contributed by atoms with Crippen LogP contribution >= 0.6 is 0 Å². The summed E-state index contributed by atoms with van der Waals surface area (Å²) in [6.45, 7) is 10.1. The fraction of sp³-hybridized carbons (Fsp3) is 0.917. The number of likely N-dealkylation sites (N-methyl/N-ethyl adjacent to an activating group) is 1. The molecule has 0 aliphatic carbocycles. The van der Waals surface area contributed by atoms with Gasteiger partial charge in [-0.05, 0) is 20.8 Å². The largest absolute Gasteiger partial charge is 0.378 e. The van der Waals surface area contributed by atoms with Crippen molar-refractivity contribution in [3.8, 4) is 0 Å². The number of ether oxygens (including phenoxy) is 1. The minimum atomic E-state index is -0.104. The summed E-state index contributed by atoms with van der Waals surface area (Å²) in [4.78, 5) is 16.3. The van der Waals surface area contributed by atoms with Crippen LogP contribution in [0, 0.1) is 0 Å². The molecule has 0 spiro atoms. The van der Waals surface area contributed by atoms with Gasteiger partial charge in [0, 0.05) is 32.2 Å². The minimum Gasteiger partial charge on any atom is -0.378 e. The average Bonchev–Trinajstić information content (AvgIpc) is 2.39. The summed E-state index contributed by atoms with van der Waals surface area (Å²) in [7, 11) is 0. The summed E-state index contributed by atoms with van der Waals surface area (Å²) in [6.07, 6.45) is 0. The van der Waals surface area contributed by atoms with E-state index in [1.54, 1.807) is 0 Å². The second-order valence-electron chi connectivity index (χ2n) is 4.39. The Labute approximate surface area is 104 Å². The van der Waals surface area contributed by atoms with Crippen molar-refractivity contribution < 1.29 is 9.53 Å². The summed E-state index contributed by atoms with van der Waals surface area (Å²) in [5.41, 5.74) is 5.73. The van der Waals surface area contributed by atoms with Gasteiger partial charge in [0.15, 0.2) is 0 Å². The zero-order chi connectivity index (χ0) is 12.8. The fourth-order valence-corrected chi connectivity index (χ4v) is 2.32. The summed E-state index contributed by atoms with van der Waals surface area (Å²) in [5.74, 6) is 0.190. The molecule has 0 aromatic heterocycles. The van der Waals surface area contributed by atoms with Gasteiger partial charge in [-0.2, -0.15) is 0 Å². The van der Waals surface area contributed by atoms with Gasteiger partial charge in [-0.25, -0.2) is 0 Å².